The van der Waals surface area contributed by atoms with E-state index in [0.29, 0.717) is 6.54 Å². The summed E-state index contributed by atoms with van der Waals surface area (Å²) in [6.07, 6.45) is 0.452. The molecule has 0 radical (unpaired) electrons. The molecule has 1 unspecified atom stereocenters. The second-order valence-corrected chi connectivity index (χ2v) is 5.49. The quantitative estimate of drug-likeness (QED) is 0.772. The summed E-state index contributed by atoms with van der Waals surface area (Å²) in [7, 11) is 0. The fourth-order valence-electron chi connectivity index (χ4n) is 1.27. The van der Waals surface area contributed by atoms with E-state index in [1.54, 1.807) is 0 Å². The lowest BCUT2D eigenvalue weighted by Crippen LogP contribution is -2.21. The number of halogens is 3. The molecule has 0 saturated heterocycles. The van der Waals surface area contributed by atoms with Crippen molar-refractivity contribution < 1.29 is 5.11 Å². The highest BCUT2D eigenvalue weighted by Gasteiger charge is 2.08. The van der Waals surface area contributed by atoms with E-state index in [1.165, 1.54) is 5.56 Å². The number of alkyl halides is 1. The second kappa shape index (κ2) is 6.84. The molecule has 0 aliphatic carbocycles. The fraction of sp³-hybridized carbons (Fsp3) is 0.455. The Balaban J connectivity index is 2.80. The highest BCUT2D eigenvalue weighted by molar-refractivity contribution is 9.11. The minimum Gasteiger partial charge on any atom is -0.390 e. The smallest absolute Gasteiger partial charge is 0.0847 e. The van der Waals surface area contributed by atoms with Gasteiger partial charge in [-0.05, 0) is 56.0 Å². The Morgan fingerprint density at radius 1 is 1.38 bits per heavy atom. The van der Waals surface area contributed by atoms with E-state index < -0.39 is 6.10 Å². The molecule has 0 heterocycles. The zero-order valence-corrected chi connectivity index (χ0v) is 12.9. The highest BCUT2D eigenvalue weighted by atomic mass is 79.9. The van der Waals surface area contributed by atoms with Gasteiger partial charge >= 0.3 is 0 Å². The first-order valence-electron chi connectivity index (χ1n) is 5.04. The van der Waals surface area contributed by atoms with E-state index in [4.69, 9.17) is 11.6 Å². The van der Waals surface area contributed by atoms with E-state index in [-0.39, 0.29) is 5.88 Å². The number of hydrogen-bond donors (Lipinski definition) is 2. The van der Waals surface area contributed by atoms with E-state index in [0.717, 1.165) is 21.1 Å². The number of aliphatic hydroxyl groups excluding tert-OH is 1. The SMILES string of the molecule is CCc1cc(Br)c(NCC(O)CCl)c(Br)c1. The molecule has 1 rings (SSSR count). The summed E-state index contributed by atoms with van der Waals surface area (Å²) in [6, 6.07) is 4.14. The first-order chi connectivity index (χ1) is 7.58. The third-order valence-corrected chi connectivity index (χ3v) is 3.81. The summed E-state index contributed by atoms with van der Waals surface area (Å²) in [6.45, 7) is 2.55. The fourth-order valence-corrected chi connectivity index (χ4v) is 2.94. The van der Waals surface area contributed by atoms with Crippen molar-refractivity contribution >= 4 is 49.1 Å². The minimum atomic E-state index is -0.536. The van der Waals surface area contributed by atoms with Crippen molar-refractivity contribution in [3.63, 3.8) is 0 Å². The lowest BCUT2D eigenvalue weighted by Gasteiger charge is -2.14. The van der Waals surface area contributed by atoms with Crippen molar-refractivity contribution in [2.24, 2.45) is 0 Å². The van der Waals surface area contributed by atoms with Crippen LogP contribution in [-0.2, 0) is 6.42 Å². The van der Waals surface area contributed by atoms with Crippen LogP contribution in [0.15, 0.2) is 21.1 Å². The van der Waals surface area contributed by atoms with Gasteiger partial charge in [0.15, 0.2) is 0 Å². The summed E-state index contributed by atoms with van der Waals surface area (Å²) in [5.41, 5.74) is 2.20. The molecular weight excluding hydrogens is 357 g/mol. The Labute approximate surface area is 118 Å². The third-order valence-electron chi connectivity index (χ3n) is 2.20. The van der Waals surface area contributed by atoms with Crippen molar-refractivity contribution in [3.8, 4) is 0 Å². The van der Waals surface area contributed by atoms with Gasteiger partial charge in [-0.25, -0.2) is 0 Å². The maximum Gasteiger partial charge on any atom is 0.0847 e. The van der Waals surface area contributed by atoms with Crippen molar-refractivity contribution in [3.05, 3.63) is 26.6 Å². The van der Waals surface area contributed by atoms with Crippen LogP contribution in [0.2, 0.25) is 0 Å². The number of aryl methyl sites for hydroxylation is 1. The molecule has 0 aliphatic rings. The monoisotopic (exact) mass is 369 g/mol. The number of anilines is 1. The molecule has 0 saturated carbocycles. The van der Waals surface area contributed by atoms with E-state index in [9.17, 15) is 5.11 Å². The summed E-state index contributed by atoms with van der Waals surface area (Å²) < 4.78 is 1.97. The number of hydrogen-bond acceptors (Lipinski definition) is 2. The highest BCUT2D eigenvalue weighted by Crippen LogP contribution is 2.32. The zero-order chi connectivity index (χ0) is 12.1. The van der Waals surface area contributed by atoms with Gasteiger partial charge in [-0.3, -0.25) is 0 Å². The topological polar surface area (TPSA) is 32.3 Å². The predicted octanol–water partition coefficient (Wildman–Crippen LogP) is 3.79. The van der Waals surface area contributed by atoms with Crippen LogP contribution in [-0.4, -0.2) is 23.6 Å². The number of nitrogens with one attached hydrogen (secondary N) is 1. The Morgan fingerprint density at radius 3 is 2.38 bits per heavy atom. The molecule has 16 heavy (non-hydrogen) atoms. The van der Waals surface area contributed by atoms with Gasteiger partial charge in [0.05, 0.1) is 17.7 Å². The first-order valence-corrected chi connectivity index (χ1v) is 7.16. The molecule has 1 atom stereocenters. The number of aliphatic hydroxyl groups is 1. The summed E-state index contributed by atoms with van der Waals surface area (Å²) in [5.74, 6) is 0.231. The molecule has 0 fully saturated rings. The van der Waals surface area contributed by atoms with Crippen LogP contribution in [0.1, 0.15) is 12.5 Å². The van der Waals surface area contributed by atoms with Gasteiger partial charge in [0.2, 0.25) is 0 Å². The van der Waals surface area contributed by atoms with Gasteiger partial charge in [0, 0.05) is 15.5 Å². The van der Waals surface area contributed by atoms with Crippen LogP contribution < -0.4 is 5.32 Å². The minimum absolute atomic E-state index is 0.231. The molecule has 0 bridgehead atoms. The average molecular weight is 372 g/mol. The summed E-state index contributed by atoms with van der Waals surface area (Å²) in [4.78, 5) is 0. The van der Waals surface area contributed by atoms with Crippen LogP contribution in [0.5, 0.6) is 0 Å². The normalized spacial score (nSPS) is 12.6. The van der Waals surface area contributed by atoms with Gasteiger partial charge in [0.1, 0.15) is 0 Å². The second-order valence-electron chi connectivity index (χ2n) is 3.48. The van der Waals surface area contributed by atoms with Gasteiger partial charge in [0.25, 0.3) is 0 Å². The van der Waals surface area contributed by atoms with E-state index in [1.807, 2.05) is 0 Å². The van der Waals surface area contributed by atoms with Crippen LogP contribution in [0.4, 0.5) is 5.69 Å². The Kier molecular flexibility index (Phi) is 6.11. The third kappa shape index (κ3) is 3.91. The molecule has 2 nitrogen and oxygen atoms in total. The van der Waals surface area contributed by atoms with Crippen molar-refractivity contribution in [1.82, 2.24) is 0 Å². The van der Waals surface area contributed by atoms with Crippen molar-refractivity contribution in [2.45, 2.75) is 19.4 Å². The van der Waals surface area contributed by atoms with Crippen LogP contribution in [0.3, 0.4) is 0 Å². The van der Waals surface area contributed by atoms with Gasteiger partial charge < -0.3 is 10.4 Å². The van der Waals surface area contributed by atoms with Crippen LogP contribution >= 0.6 is 43.5 Å². The lowest BCUT2D eigenvalue weighted by atomic mass is 10.1. The maximum absolute atomic E-state index is 9.38. The predicted molar refractivity (Wildman–Crippen MR) is 76.4 cm³/mol. The Bertz CT molecular complexity index is 337. The molecule has 0 amide bonds. The number of benzene rings is 1. The molecule has 90 valence electrons. The van der Waals surface area contributed by atoms with Gasteiger partial charge in [-0.2, -0.15) is 0 Å². The van der Waals surface area contributed by atoms with Crippen molar-refractivity contribution in [1.29, 1.82) is 0 Å². The summed E-state index contributed by atoms with van der Waals surface area (Å²) >= 11 is 12.5. The van der Waals surface area contributed by atoms with Crippen molar-refractivity contribution in [2.75, 3.05) is 17.7 Å². The molecule has 1 aromatic rings. The van der Waals surface area contributed by atoms with E-state index in [2.05, 4.69) is 56.2 Å². The molecular formula is C11H14Br2ClNO. The Hall–Kier alpha value is 0.230. The standard InChI is InChI=1S/C11H14Br2ClNO/c1-2-7-3-9(12)11(10(13)4-7)15-6-8(16)5-14/h3-4,8,15-16H,2,5-6H2,1H3. The van der Waals surface area contributed by atoms with Gasteiger partial charge in [-0.1, -0.05) is 6.92 Å². The molecule has 1 aromatic carbocycles. The first kappa shape index (κ1) is 14.3. The lowest BCUT2D eigenvalue weighted by molar-refractivity contribution is 0.211. The van der Waals surface area contributed by atoms with Crippen LogP contribution in [0, 0.1) is 0 Å². The number of rotatable bonds is 5. The zero-order valence-electron chi connectivity index (χ0n) is 8.93. The molecule has 0 aromatic heterocycles. The van der Waals surface area contributed by atoms with Crippen LogP contribution in [0.25, 0.3) is 0 Å². The molecule has 2 N–H and O–H groups in total. The molecule has 5 heteroatoms. The molecule has 0 spiro atoms. The van der Waals surface area contributed by atoms with E-state index >= 15 is 0 Å². The Morgan fingerprint density at radius 2 is 1.94 bits per heavy atom. The summed E-state index contributed by atoms with van der Waals surface area (Å²) in [5, 5.41) is 12.5. The van der Waals surface area contributed by atoms with Gasteiger partial charge in [-0.15, -0.1) is 11.6 Å². The average Bonchev–Trinajstić information content (AvgIpc) is 2.27. The largest absolute Gasteiger partial charge is 0.390 e. The molecule has 0 aliphatic heterocycles. The maximum atomic E-state index is 9.38.